The van der Waals surface area contributed by atoms with Gasteiger partial charge in [-0.2, -0.15) is 0 Å². The number of benzene rings is 1. The third-order valence-electron chi connectivity index (χ3n) is 3.92. The minimum absolute atomic E-state index is 0.00982. The molecule has 1 saturated carbocycles. The largest absolute Gasteiger partial charge is 0.458 e. The Balaban J connectivity index is 2.04. The molecule has 2 atom stereocenters. The maximum Gasteiger partial charge on any atom is 0.338 e. The van der Waals surface area contributed by atoms with Crippen molar-refractivity contribution >= 4 is 29.2 Å². The van der Waals surface area contributed by atoms with Gasteiger partial charge >= 0.3 is 5.97 Å². The van der Waals surface area contributed by atoms with Crippen molar-refractivity contribution in [1.29, 1.82) is 0 Å². The molecule has 1 N–H and O–H groups in total. The third-order valence-corrected chi connectivity index (χ3v) is 4.66. The van der Waals surface area contributed by atoms with Gasteiger partial charge in [-0.15, -0.1) is 0 Å². The van der Waals surface area contributed by atoms with Crippen LogP contribution in [0.15, 0.2) is 18.2 Å². The Labute approximate surface area is 136 Å². The number of halogens is 2. The minimum Gasteiger partial charge on any atom is -0.458 e. The molecule has 0 unspecified atom stereocenters. The van der Waals surface area contributed by atoms with Crippen molar-refractivity contribution in [2.45, 2.75) is 31.8 Å². The normalized spacial score (nSPS) is 22.3. The SMILES string of the molecule is C[NH+](C)C[C@H]1CCCC[C@@H]1OC(=O)c1ccc(Cl)c(Cl)c1. The second kappa shape index (κ2) is 7.48. The lowest BCUT2D eigenvalue weighted by atomic mass is 9.86. The molecule has 3 nitrogen and oxygen atoms in total. The maximum atomic E-state index is 12.3. The van der Waals surface area contributed by atoms with Crippen molar-refractivity contribution < 1.29 is 14.4 Å². The molecular weight excluding hydrogens is 309 g/mol. The molecule has 0 aromatic heterocycles. The molecule has 0 radical (unpaired) electrons. The molecule has 0 saturated heterocycles. The van der Waals surface area contributed by atoms with Gasteiger partial charge in [-0.25, -0.2) is 4.79 Å². The van der Waals surface area contributed by atoms with Gasteiger partial charge in [0.15, 0.2) is 0 Å². The molecule has 5 heteroatoms. The first kappa shape index (κ1) is 16.6. The van der Waals surface area contributed by atoms with Crippen molar-refractivity contribution in [3.8, 4) is 0 Å². The van der Waals surface area contributed by atoms with Gasteiger partial charge in [0, 0.05) is 5.92 Å². The van der Waals surface area contributed by atoms with Crippen LogP contribution in [0.3, 0.4) is 0 Å². The van der Waals surface area contributed by atoms with Crippen LogP contribution in [0.5, 0.6) is 0 Å². The molecule has 0 bridgehead atoms. The number of esters is 1. The first-order valence-electron chi connectivity index (χ1n) is 7.42. The monoisotopic (exact) mass is 330 g/mol. The summed E-state index contributed by atoms with van der Waals surface area (Å²) in [5.74, 6) is 0.134. The van der Waals surface area contributed by atoms with Gasteiger partial charge in [-0.3, -0.25) is 0 Å². The van der Waals surface area contributed by atoms with Crippen LogP contribution in [0.1, 0.15) is 36.0 Å². The van der Waals surface area contributed by atoms with E-state index in [1.54, 1.807) is 18.2 Å². The Morgan fingerprint density at radius 2 is 1.95 bits per heavy atom. The van der Waals surface area contributed by atoms with Crippen LogP contribution in [-0.2, 0) is 4.74 Å². The van der Waals surface area contributed by atoms with E-state index in [2.05, 4.69) is 14.1 Å². The second-order valence-corrected chi connectivity index (χ2v) is 6.84. The van der Waals surface area contributed by atoms with E-state index in [9.17, 15) is 4.79 Å². The van der Waals surface area contributed by atoms with Crippen molar-refractivity contribution in [3.63, 3.8) is 0 Å². The molecular formula is C16H22Cl2NO2+. The zero-order valence-electron chi connectivity index (χ0n) is 12.5. The van der Waals surface area contributed by atoms with Gasteiger partial charge in [-0.1, -0.05) is 29.6 Å². The Morgan fingerprint density at radius 1 is 1.24 bits per heavy atom. The first-order valence-corrected chi connectivity index (χ1v) is 8.18. The molecule has 0 spiro atoms. The number of rotatable bonds is 4. The summed E-state index contributed by atoms with van der Waals surface area (Å²) in [6, 6.07) is 4.86. The van der Waals surface area contributed by atoms with Gasteiger partial charge < -0.3 is 9.64 Å². The number of ether oxygens (including phenoxy) is 1. The van der Waals surface area contributed by atoms with Crippen LogP contribution in [0.25, 0.3) is 0 Å². The van der Waals surface area contributed by atoms with E-state index in [-0.39, 0.29) is 12.1 Å². The number of hydrogen-bond donors (Lipinski definition) is 1. The van der Waals surface area contributed by atoms with Crippen molar-refractivity contribution in [1.82, 2.24) is 0 Å². The highest BCUT2D eigenvalue weighted by Gasteiger charge is 2.30. The Kier molecular flexibility index (Phi) is 5.91. The topological polar surface area (TPSA) is 30.7 Å². The lowest BCUT2D eigenvalue weighted by Gasteiger charge is -2.31. The van der Waals surface area contributed by atoms with Crippen LogP contribution >= 0.6 is 23.2 Å². The third kappa shape index (κ3) is 4.60. The summed E-state index contributed by atoms with van der Waals surface area (Å²) >= 11 is 11.8. The van der Waals surface area contributed by atoms with E-state index in [1.807, 2.05) is 0 Å². The number of nitrogens with one attached hydrogen (secondary N) is 1. The highest BCUT2D eigenvalue weighted by molar-refractivity contribution is 6.42. The molecule has 1 aromatic carbocycles. The van der Waals surface area contributed by atoms with Gasteiger partial charge in [0.1, 0.15) is 6.10 Å². The highest BCUT2D eigenvalue weighted by atomic mass is 35.5. The molecule has 0 aliphatic heterocycles. The molecule has 1 aromatic rings. The van der Waals surface area contributed by atoms with E-state index in [0.29, 0.717) is 21.5 Å². The molecule has 0 heterocycles. The molecule has 1 aliphatic rings. The fraction of sp³-hybridized carbons (Fsp3) is 0.562. The number of carbonyl (C=O) groups is 1. The van der Waals surface area contributed by atoms with Crippen LogP contribution in [0.2, 0.25) is 10.0 Å². The zero-order valence-corrected chi connectivity index (χ0v) is 14.0. The summed E-state index contributed by atoms with van der Waals surface area (Å²) < 4.78 is 5.73. The fourth-order valence-electron chi connectivity index (χ4n) is 2.92. The van der Waals surface area contributed by atoms with Crippen LogP contribution in [-0.4, -0.2) is 32.7 Å². The molecule has 1 aliphatic carbocycles. The van der Waals surface area contributed by atoms with Crippen LogP contribution in [0.4, 0.5) is 0 Å². The lowest BCUT2D eigenvalue weighted by molar-refractivity contribution is -0.862. The average Bonchev–Trinajstić information content (AvgIpc) is 2.43. The molecule has 0 amide bonds. The fourth-order valence-corrected chi connectivity index (χ4v) is 3.21. The van der Waals surface area contributed by atoms with Crippen molar-refractivity contribution in [3.05, 3.63) is 33.8 Å². The second-order valence-electron chi connectivity index (χ2n) is 6.03. The molecule has 1 fully saturated rings. The number of hydrogen-bond acceptors (Lipinski definition) is 2. The van der Waals surface area contributed by atoms with E-state index in [0.717, 1.165) is 25.8 Å². The van der Waals surface area contributed by atoms with Gasteiger partial charge in [0.2, 0.25) is 0 Å². The van der Waals surface area contributed by atoms with Gasteiger partial charge in [0.05, 0.1) is 36.2 Å². The van der Waals surface area contributed by atoms with E-state index < -0.39 is 0 Å². The summed E-state index contributed by atoms with van der Waals surface area (Å²) in [4.78, 5) is 13.7. The Morgan fingerprint density at radius 3 is 2.62 bits per heavy atom. The predicted molar refractivity (Wildman–Crippen MR) is 85.3 cm³/mol. The Hall–Kier alpha value is -0.770. The van der Waals surface area contributed by atoms with E-state index in [4.69, 9.17) is 27.9 Å². The zero-order chi connectivity index (χ0) is 15.4. The van der Waals surface area contributed by atoms with Crippen LogP contribution in [0, 0.1) is 5.92 Å². The Bertz CT molecular complexity index is 505. The number of quaternary nitrogens is 1. The van der Waals surface area contributed by atoms with Crippen LogP contribution < -0.4 is 4.90 Å². The minimum atomic E-state index is -0.306. The summed E-state index contributed by atoms with van der Waals surface area (Å²) in [6.07, 6.45) is 4.43. The van der Waals surface area contributed by atoms with Gasteiger partial charge in [0.25, 0.3) is 0 Å². The summed E-state index contributed by atoms with van der Waals surface area (Å²) in [5, 5.41) is 0.823. The van der Waals surface area contributed by atoms with Crippen molar-refractivity contribution in [2.75, 3.05) is 20.6 Å². The molecule has 116 valence electrons. The predicted octanol–water partition coefficient (Wildman–Crippen LogP) is 2.85. The van der Waals surface area contributed by atoms with Gasteiger partial charge in [-0.05, 0) is 37.5 Å². The lowest BCUT2D eigenvalue weighted by Crippen LogP contribution is -3.06. The average molecular weight is 331 g/mol. The summed E-state index contributed by atoms with van der Waals surface area (Å²) in [7, 11) is 4.26. The maximum absolute atomic E-state index is 12.3. The standard InChI is InChI=1S/C16H21Cl2NO2/c1-19(2)10-12-5-3-4-6-15(12)21-16(20)11-7-8-13(17)14(18)9-11/h7-9,12,15H,3-6,10H2,1-2H3/p+1/t12-,15+/m1/s1. The van der Waals surface area contributed by atoms with E-state index >= 15 is 0 Å². The quantitative estimate of drug-likeness (QED) is 0.860. The smallest absolute Gasteiger partial charge is 0.338 e. The molecule has 2 rings (SSSR count). The van der Waals surface area contributed by atoms with Crippen molar-refractivity contribution in [2.24, 2.45) is 5.92 Å². The van der Waals surface area contributed by atoms with E-state index in [1.165, 1.54) is 11.3 Å². The number of carbonyl (C=O) groups excluding carboxylic acids is 1. The molecule has 21 heavy (non-hydrogen) atoms. The highest BCUT2D eigenvalue weighted by Crippen LogP contribution is 2.28. The first-order chi connectivity index (χ1) is 9.97. The summed E-state index contributed by atoms with van der Waals surface area (Å²) in [5.41, 5.74) is 0.464. The summed E-state index contributed by atoms with van der Waals surface area (Å²) in [6.45, 7) is 1.03.